The van der Waals surface area contributed by atoms with Crippen LogP contribution in [0.2, 0.25) is 0 Å². The van der Waals surface area contributed by atoms with E-state index in [4.69, 9.17) is 0 Å². The van der Waals surface area contributed by atoms with Crippen molar-refractivity contribution in [2.75, 3.05) is 18.5 Å². The topological polar surface area (TPSA) is 110 Å². The number of anilines is 1. The molecule has 0 spiro atoms. The van der Waals surface area contributed by atoms with E-state index in [2.05, 4.69) is 5.32 Å². The zero-order valence-corrected chi connectivity index (χ0v) is 21.8. The molecule has 9 heteroatoms. The summed E-state index contributed by atoms with van der Waals surface area (Å²) in [5.41, 5.74) is 4.70. The van der Waals surface area contributed by atoms with Gasteiger partial charge in [-0.2, -0.15) is 0 Å². The Hall–Kier alpha value is -2.94. The van der Waals surface area contributed by atoms with Gasteiger partial charge in [-0.3, -0.25) is 14.5 Å². The van der Waals surface area contributed by atoms with Crippen LogP contribution in [0.1, 0.15) is 28.7 Å². The van der Waals surface area contributed by atoms with Crippen LogP contribution in [0.25, 0.3) is 0 Å². The molecule has 0 radical (unpaired) electrons. The summed E-state index contributed by atoms with van der Waals surface area (Å²) in [5, 5.41) is 13.2. The molecule has 0 fully saturated rings. The number of carbonyl (C=O) groups excluding carboxylic acids is 4. The number of hydrogen-bond donors (Lipinski definition) is 1. The molecule has 0 saturated carbocycles. The van der Waals surface area contributed by atoms with Crippen molar-refractivity contribution >= 4 is 29.4 Å². The number of likely N-dealkylation sites (N-methyl/N-ethyl adjacent to an activating group) is 1. The van der Waals surface area contributed by atoms with Gasteiger partial charge in [0, 0.05) is 43.9 Å². The van der Waals surface area contributed by atoms with E-state index in [1.165, 1.54) is 24.2 Å². The Morgan fingerprint density at radius 1 is 1.09 bits per heavy atom. The minimum absolute atomic E-state index is 0. The molecule has 0 bridgehead atoms. The first-order chi connectivity index (χ1) is 15.7. The average molecular weight is 471 g/mol. The smallest absolute Gasteiger partial charge is 0.550 e. The average Bonchev–Trinajstić information content (AvgIpc) is 2.76. The number of benzene rings is 2. The van der Waals surface area contributed by atoms with Crippen molar-refractivity contribution in [3.05, 3.63) is 77.0 Å². The standard InChI is InChI=1S/C25H27N3O5.Na/c1-16-6-4-7-17(2)20(16)15-18-8-5-9-19(14-18)28(25(33)26-12-10-22(30)31)23-21(29)11-13-27(3)24(23)32;/h4-9,11,13-14,23H,10,12,15H2,1-3H3,(H,26,33)(H,30,31);/q;+1/p-1/t23-;/m0./s1. The largest absolute Gasteiger partial charge is 1.00 e. The molecule has 1 N–H and O–H groups in total. The number of aliphatic carboxylic acids is 1. The number of nitrogens with one attached hydrogen (secondary N) is 1. The summed E-state index contributed by atoms with van der Waals surface area (Å²) in [6, 6.07) is 11.0. The Morgan fingerprint density at radius 3 is 2.38 bits per heavy atom. The summed E-state index contributed by atoms with van der Waals surface area (Å²) in [7, 11) is 1.50. The summed E-state index contributed by atoms with van der Waals surface area (Å²) in [5.74, 6) is -2.41. The number of urea groups is 1. The van der Waals surface area contributed by atoms with Crippen molar-refractivity contribution < 1.29 is 53.8 Å². The number of carbonyl (C=O) groups is 4. The number of rotatable bonds is 7. The number of carboxylic acids is 1. The maximum Gasteiger partial charge on any atom is 1.00 e. The van der Waals surface area contributed by atoms with Gasteiger partial charge in [0.2, 0.25) is 0 Å². The predicted molar refractivity (Wildman–Crippen MR) is 121 cm³/mol. The van der Waals surface area contributed by atoms with E-state index in [0.717, 1.165) is 27.2 Å². The van der Waals surface area contributed by atoms with E-state index in [1.54, 1.807) is 18.2 Å². The Bertz CT molecular complexity index is 1110. The number of nitrogens with zero attached hydrogens (tertiary/aromatic N) is 2. The fourth-order valence-electron chi connectivity index (χ4n) is 3.79. The zero-order chi connectivity index (χ0) is 24.1. The van der Waals surface area contributed by atoms with Crippen LogP contribution in [0, 0.1) is 13.8 Å². The third-order valence-corrected chi connectivity index (χ3v) is 5.61. The van der Waals surface area contributed by atoms with Gasteiger partial charge in [-0.15, -0.1) is 0 Å². The SMILES string of the molecule is Cc1cccc(C)c1Cc1cccc(N(C(=O)NCCC(=O)[O-])[C@H]2C(=O)C=CN(C)C2=O)c1.[Na+]. The van der Waals surface area contributed by atoms with Crippen LogP contribution in [-0.2, 0) is 20.8 Å². The van der Waals surface area contributed by atoms with Crippen LogP contribution in [0.5, 0.6) is 0 Å². The third kappa shape index (κ3) is 6.34. The van der Waals surface area contributed by atoms with E-state index >= 15 is 0 Å². The third-order valence-electron chi connectivity index (χ3n) is 5.61. The number of carboxylic acid groups (broad SMARTS) is 1. The quantitative estimate of drug-likeness (QED) is 0.390. The summed E-state index contributed by atoms with van der Waals surface area (Å²) < 4.78 is 0. The summed E-state index contributed by atoms with van der Waals surface area (Å²) >= 11 is 0. The molecule has 1 aliphatic rings. The molecule has 3 amide bonds. The van der Waals surface area contributed by atoms with E-state index in [-0.39, 0.29) is 36.1 Å². The van der Waals surface area contributed by atoms with Crippen molar-refractivity contribution in [3.63, 3.8) is 0 Å². The van der Waals surface area contributed by atoms with Crippen molar-refractivity contribution in [1.82, 2.24) is 10.2 Å². The molecular weight excluding hydrogens is 445 g/mol. The second kappa shape index (κ2) is 12.0. The molecule has 34 heavy (non-hydrogen) atoms. The van der Waals surface area contributed by atoms with E-state index in [0.29, 0.717) is 12.1 Å². The van der Waals surface area contributed by atoms with Crippen molar-refractivity contribution in [2.45, 2.75) is 32.7 Å². The molecule has 8 nitrogen and oxygen atoms in total. The predicted octanol–water partition coefficient (Wildman–Crippen LogP) is -1.52. The second-order valence-corrected chi connectivity index (χ2v) is 8.01. The Balaban J connectivity index is 0.00000408. The maximum absolute atomic E-state index is 13.1. The Morgan fingerprint density at radius 2 is 1.74 bits per heavy atom. The molecule has 0 saturated heterocycles. The molecule has 0 aliphatic carbocycles. The van der Waals surface area contributed by atoms with E-state index < -0.39 is 36.2 Å². The minimum Gasteiger partial charge on any atom is -0.550 e. The zero-order valence-electron chi connectivity index (χ0n) is 19.8. The van der Waals surface area contributed by atoms with Gasteiger partial charge < -0.3 is 20.1 Å². The molecule has 0 aromatic heterocycles. The van der Waals surface area contributed by atoms with Gasteiger partial charge in [-0.05, 0) is 54.7 Å². The second-order valence-electron chi connectivity index (χ2n) is 8.01. The fraction of sp³-hybridized carbons (Fsp3) is 0.280. The number of hydrogen-bond acceptors (Lipinski definition) is 5. The summed E-state index contributed by atoms with van der Waals surface area (Å²) in [4.78, 5) is 51.6. The molecule has 172 valence electrons. The monoisotopic (exact) mass is 471 g/mol. The van der Waals surface area contributed by atoms with Gasteiger partial charge >= 0.3 is 35.6 Å². The van der Waals surface area contributed by atoms with Crippen LogP contribution in [0.3, 0.4) is 0 Å². The van der Waals surface area contributed by atoms with Crippen molar-refractivity contribution in [2.24, 2.45) is 0 Å². The van der Waals surface area contributed by atoms with Crippen LogP contribution in [0.15, 0.2) is 54.7 Å². The van der Waals surface area contributed by atoms with Gasteiger partial charge in [0.1, 0.15) is 0 Å². The molecular formula is C25H26N3NaO5. The first-order valence-electron chi connectivity index (χ1n) is 10.6. The van der Waals surface area contributed by atoms with Crippen molar-refractivity contribution in [1.29, 1.82) is 0 Å². The van der Waals surface area contributed by atoms with Crippen molar-refractivity contribution in [3.8, 4) is 0 Å². The van der Waals surface area contributed by atoms with E-state index in [9.17, 15) is 24.3 Å². The van der Waals surface area contributed by atoms with Crippen LogP contribution < -0.4 is 44.9 Å². The van der Waals surface area contributed by atoms with Crippen LogP contribution in [0.4, 0.5) is 10.5 Å². The van der Waals surface area contributed by atoms with Gasteiger partial charge in [0.05, 0.1) is 0 Å². The van der Waals surface area contributed by atoms with Gasteiger partial charge in [0.25, 0.3) is 5.91 Å². The first-order valence-corrected chi connectivity index (χ1v) is 10.6. The number of ketones is 1. The summed E-state index contributed by atoms with van der Waals surface area (Å²) in [6.45, 7) is 3.87. The first kappa shape index (κ1) is 27.3. The molecule has 1 aliphatic heterocycles. The normalized spacial score (nSPS) is 15.0. The summed E-state index contributed by atoms with van der Waals surface area (Å²) in [6.07, 6.45) is 2.82. The molecule has 1 atom stereocenters. The number of aryl methyl sites for hydroxylation is 2. The Kier molecular flexibility index (Phi) is 9.61. The maximum atomic E-state index is 13.1. The molecule has 2 aromatic rings. The molecule has 0 unspecified atom stereocenters. The fourth-order valence-corrected chi connectivity index (χ4v) is 3.79. The van der Waals surface area contributed by atoms with Gasteiger partial charge in [-0.25, -0.2) is 4.79 Å². The molecule has 3 rings (SSSR count). The van der Waals surface area contributed by atoms with Crippen LogP contribution in [-0.4, -0.2) is 48.2 Å². The minimum atomic E-state index is -1.39. The molecule has 2 aromatic carbocycles. The molecule has 1 heterocycles. The number of amides is 3. The Labute approximate surface area is 220 Å². The van der Waals surface area contributed by atoms with Gasteiger partial charge in [0.15, 0.2) is 11.8 Å². The van der Waals surface area contributed by atoms with E-state index in [1.807, 2.05) is 38.1 Å². The van der Waals surface area contributed by atoms with Crippen LogP contribution >= 0.6 is 0 Å². The van der Waals surface area contributed by atoms with Gasteiger partial charge in [-0.1, -0.05) is 30.3 Å².